The minimum Gasteiger partial charge on any atom is -0.493 e. The second-order valence-electron chi connectivity index (χ2n) is 9.38. The van der Waals surface area contributed by atoms with Crippen LogP contribution in [0.15, 0.2) is 47.8 Å². The van der Waals surface area contributed by atoms with Gasteiger partial charge in [-0.3, -0.25) is 0 Å². The summed E-state index contributed by atoms with van der Waals surface area (Å²) in [7, 11) is 0. The van der Waals surface area contributed by atoms with Crippen LogP contribution in [0.3, 0.4) is 0 Å². The highest BCUT2D eigenvalue weighted by molar-refractivity contribution is 7.17. The highest BCUT2D eigenvalue weighted by Gasteiger charge is 2.38. The number of halogens is 3. The van der Waals surface area contributed by atoms with Crippen molar-refractivity contribution in [3.63, 3.8) is 0 Å². The molecule has 0 atom stereocenters. The topological polar surface area (TPSA) is 53.7 Å². The molecule has 1 saturated heterocycles. The second kappa shape index (κ2) is 9.85. The minimum atomic E-state index is -4.50. The molecular weight excluding hydrogens is 463 g/mol. The van der Waals surface area contributed by atoms with Gasteiger partial charge in [-0.1, -0.05) is 24.3 Å². The predicted octanol–water partition coefficient (Wildman–Crippen LogP) is 6.34. The first kappa shape index (κ1) is 25.0. The van der Waals surface area contributed by atoms with E-state index in [9.17, 15) is 13.2 Å². The minimum absolute atomic E-state index is 0.139. The summed E-state index contributed by atoms with van der Waals surface area (Å²) in [5.41, 5.74) is 6.61. The van der Waals surface area contributed by atoms with Gasteiger partial charge < -0.3 is 19.9 Å². The Kier molecular flexibility index (Phi) is 7.24. The van der Waals surface area contributed by atoms with E-state index < -0.39 is 23.1 Å². The molecule has 8 heteroatoms. The molecule has 1 aliphatic rings. The van der Waals surface area contributed by atoms with E-state index in [1.54, 1.807) is 17.4 Å². The lowest BCUT2D eigenvalue weighted by atomic mass is 9.92. The van der Waals surface area contributed by atoms with Crippen molar-refractivity contribution >= 4 is 21.4 Å². The first-order chi connectivity index (χ1) is 16.0. The maximum Gasteiger partial charge on any atom is 0.419 e. The summed E-state index contributed by atoms with van der Waals surface area (Å²) in [6, 6.07) is 12.4. The Morgan fingerprint density at radius 2 is 1.79 bits per heavy atom. The molecule has 0 bridgehead atoms. The van der Waals surface area contributed by atoms with E-state index in [0.717, 1.165) is 6.42 Å². The van der Waals surface area contributed by atoms with Crippen molar-refractivity contribution in [2.75, 3.05) is 19.8 Å². The third-order valence-electron chi connectivity index (χ3n) is 6.08. The molecule has 0 aliphatic carbocycles. The molecule has 34 heavy (non-hydrogen) atoms. The number of fused-ring (bicyclic) bond motifs is 1. The highest BCUT2D eigenvalue weighted by Crippen LogP contribution is 2.37. The summed E-state index contributed by atoms with van der Waals surface area (Å²) >= 11 is 1.68. The zero-order chi connectivity index (χ0) is 24.4. The first-order valence-electron chi connectivity index (χ1n) is 11.4. The van der Waals surface area contributed by atoms with Crippen molar-refractivity contribution < 1.29 is 27.4 Å². The van der Waals surface area contributed by atoms with Crippen molar-refractivity contribution in [3.8, 4) is 5.75 Å². The summed E-state index contributed by atoms with van der Waals surface area (Å²) in [5.74, 6) is -0.832. The van der Waals surface area contributed by atoms with Crippen LogP contribution in [-0.4, -0.2) is 31.1 Å². The van der Waals surface area contributed by atoms with Gasteiger partial charge >= 0.3 is 6.18 Å². The highest BCUT2D eigenvalue weighted by atomic mass is 32.1. The van der Waals surface area contributed by atoms with Crippen molar-refractivity contribution in [3.05, 3.63) is 64.5 Å². The molecule has 2 heterocycles. The Hall–Kier alpha value is -2.13. The van der Waals surface area contributed by atoms with Crippen LogP contribution in [0.25, 0.3) is 10.1 Å². The zero-order valence-corrected chi connectivity index (χ0v) is 20.2. The van der Waals surface area contributed by atoms with Gasteiger partial charge in [0.2, 0.25) is 0 Å². The molecule has 4 nitrogen and oxygen atoms in total. The fraction of sp³-hybridized carbons (Fsp3) is 0.462. The van der Waals surface area contributed by atoms with E-state index in [1.165, 1.54) is 27.8 Å². The van der Waals surface area contributed by atoms with Crippen molar-refractivity contribution in [1.29, 1.82) is 0 Å². The zero-order valence-electron chi connectivity index (χ0n) is 19.4. The molecular formula is C26H30F3NO3S. The fourth-order valence-corrected chi connectivity index (χ4v) is 5.00. The molecule has 0 radical (unpaired) electrons. The monoisotopic (exact) mass is 493 g/mol. The van der Waals surface area contributed by atoms with Crippen LogP contribution in [-0.2, 0) is 28.5 Å². The lowest BCUT2D eigenvalue weighted by molar-refractivity contribution is -0.267. The van der Waals surface area contributed by atoms with Crippen LogP contribution >= 0.6 is 11.3 Å². The van der Waals surface area contributed by atoms with Gasteiger partial charge in [0.25, 0.3) is 0 Å². The van der Waals surface area contributed by atoms with Crippen LogP contribution in [0.5, 0.6) is 5.75 Å². The van der Waals surface area contributed by atoms with E-state index in [4.69, 9.17) is 19.9 Å². The molecule has 2 aromatic carbocycles. The molecule has 1 fully saturated rings. The van der Waals surface area contributed by atoms with Crippen molar-refractivity contribution in [2.24, 2.45) is 5.73 Å². The van der Waals surface area contributed by atoms with E-state index in [1.807, 2.05) is 26.0 Å². The Morgan fingerprint density at radius 1 is 1.06 bits per heavy atom. The third-order valence-corrected chi connectivity index (χ3v) is 7.10. The van der Waals surface area contributed by atoms with Gasteiger partial charge in [-0.2, -0.15) is 13.2 Å². The lowest BCUT2D eigenvalue weighted by Gasteiger charge is -2.41. The van der Waals surface area contributed by atoms with Crippen LogP contribution in [0.2, 0.25) is 0 Å². The van der Waals surface area contributed by atoms with Crippen molar-refractivity contribution in [1.82, 2.24) is 0 Å². The Bertz CT molecular complexity index is 1120. The molecule has 0 unspecified atom stereocenters. The number of aryl methyl sites for hydroxylation is 2. The number of benzene rings is 2. The van der Waals surface area contributed by atoms with Gasteiger partial charge in [0.15, 0.2) is 5.79 Å². The van der Waals surface area contributed by atoms with Gasteiger partial charge in [0, 0.05) is 4.70 Å². The number of nitrogens with two attached hydrogens (primary N) is 1. The van der Waals surface area contributed by atoms with E-state index in [2.05, 4.69) is 17.5 Å². The van der Waals surface area contributed by atoms with Crippen LogP contribution in [0, 0.1) is 0 Å². The number of thiophene rings is 1. The van der Waals surface area contributed by atoms with E-state index >= 15 is 0 Å². The average molecular weight is 494 g/mol. The molecule has 0 spiro atoms. The maximum atomic E-state index is 13.7. The largest absolute Gasteiger partial charge is 0.493 e. The number of alkyl halides is 3. The number of ether oxygens (including phenoxy) is 3. The SMILES string of the molecule is CC1(C)OCC(N)(CCc2ccc(OCCCc3csc4ccccc34)c(C(F)(F)F)c2)CO1. The van der Waals surface area contributed by atoms with Crippen molar-refractivity contribution in [2.45, 2.75) is 57.0 Å². The molecule has 4 rings (SSSR count). The van der Waals surface area contributed by atoms with Crippen LogP contribution in [0.1, 0.15) is 43.4 Å². The molecule has 0 amide bonds. The average Bonchev–Trinajstić information content (AvgIpc) is 3.21. The van der Waals surface area contributed by atoms with Crippen LogP contribution < -0.4 is 10.5 Å². The quantitative estimate of drug-likeness (QED) is 0.372. The molecule has 2 N–H and O–H groups in total. The van der Waals surface area contributed by atoms with Gasteiger partial charge in [-0.25, -0.2) is 0 Å². The number of hydrogen-bond donors (Lipinski definition) is 1. The predicted molar refractivity (Wildman–Crippen MR) is 128 cm³/mol. The Balaban J connectivity index is 1.36. The standard InChI is InChI=1S/C26H30F3NO3S/c1-24(2)32-16-25(30,17-33-24)12-11-18-9-10-22(21(14-18)26(27,28)29)31-13-5-6-19-15-34-23-8-4-3-7-20(19)23/h3-4,7-10,14-15H,5-6,11-13,16-17,30H2,1-2H3. The summed E-state index contributed by atoms with van der Waals surface area (Å²) in [4.78, 5) is 0. The summed E-state index contributed by atoms with van der Waals surface area (Å²) < 4.78 is 59.3. The Labute approximate surface area is 201 Å². The fourth-order valence-electron chi connectivity index (χ4n) is 4.01. The number of hydrogen-bond acceptors (Lipinski definition) is 5. The molecule has 0 saturated carbocycles. The maximum absolute atomic E-state index is 13.7. The lowest BCUT2D eigenvalue weighted by Crippen LogP contribution is -2.57. The van der Waals surface area contributed by atoms with Gasteiger partial charge in [0.05, 0.1) is 30.9 Å². The molecule has 1 aliphatic heterocycles. The van der Waals surface area contributed by atoms with Crippen LogP contribution in [0.4, 0.5) is 13.2 Å². The molecule has 1 aromatic heterocycles. The van der Waals surface area contributed by atoms with E-state index in [-0.39, 0.29) is 12.4 Å². The number of rotatable bonds is 8. The van der Waals surface area contributed by atoms with E-state index in [0.29, 0.717) is 38.0 Å². The normalized spacial score (nSPS) is 17.7. The first-order valence-corrected chi connectivity index (χ1v) is 12.3. The smallest absolute Gasteiger partial charge is 0.419 e. The molecule has 3 aromatic rings. The summed E-state index contributed by atoms with van der Waals surface area (Å²) in [6.07, 6.45) is -2.28. The summed E-state index contributed by atoms with van der Waals surface area (Å²) in [6.45, 7) is 4.43. The van der Waals surface area contributed by atoms with Gasteiger partial charge in [0.1, 0.15) is 5.75 Å². The third kappa shape index (κ3) is 6.10. The summed E-state index contributed by atoms with van der Waals surface area (Å²) in [5, 5.41) is 3.30. The van der Waals surface area contributed by atoms with Gasteiger partial charge in [-0.15, -0.1) is 11.3 Å². The molecule has 184 valence electrons. The van der Waals surface area contributed by atoms with Gasteiger partial charge in [-0.05, 0) is 79.6 Å². The second-order valence-corrected chi connectivity index (χ2v) is 10.3. The Morgan fingerprint density at radius 3 is 2.53 bits per heavy atom.